The SMILES string of the molecule is C#CC(C)(C)c1cc(Cl)c(F)c(-c2c(-c3ccc4c(=O)[nH]nc(CN)c4c3)cnn2C)c1C#N. The fourth-order valence-electron chi connectivity index (χ4n) is 4.02. The third-order valence-corrected chi connectivity index (χ3v) is 6.19. The van der Waals surface area contributed by atoms with Gasteiger partial charge in [0.25, 0.3) is 5.56 Å². The fourth-order valence-corrected chi connectivity index (χ4v) is 4.23. The first-order valence-electron chi connectivity index (χ1n) is 10.3. The Kier molecular flexibility index (Phi) is 5.74. The molecule has 0 aliphatic heterocycles. The highest BCUT2D eigenvalue weighted by molar-refractivity contribution is 6.31. The number of aryl methyl sites for hydroxylation is 1. The van der Waals surface area contributed by atoms with Gasteiger partial charge in [0.1, 0.15) is 6.07 Å². The maximum absolute atomic E-state index is 15.5. The molecular weight excluding hydrogens is 455 g/mol. The Morgan fingerprint density at radius 1 is 1.32 bits per heavy atom. The van der Waals surface area contributed by atoms with E-state index >= 15 is 4.39 Å². The van der Waals surface area contributed by atoms with Crippen molar-refractivity contribution in [3.05, 3.63) is 68.5 Å². The molecule has 0 saturated carbocycles. The van der Waals surface area contributed by atoms with E-state index in [-0.39, 0.29) is 28.3 Å². The second-order valence-electron chi connectivity index (χ2n) is 8.35. The number of aromatic nitrogens is 4. The van der Waals surface area contributed by atoms with Crippen molar-refractivity contribution in [2.45, 2.75) is 25.8 Å². The smallest absolute Gasteiger partial charge is 0.272 e. The maximum atomic E-state index is 15.5. The van der Waals surface area contributed by atoms with Crippen molar-refractivity contribution in [2.75, 3.05) is 0 Å². The molecule has 0 bridgehead atoms. The molecular formula is C25H20ClFN6O. The Bertz CT molecular complexity index is 1600. The predicted molar refractivity (Wildman–Crippen MR) is 129 cm³/mol. The van der Waals surface area contributed by atoms with Gasteiger partial charge in [0, 0.05) is 24.5 Å². The van der Waals surface area contributed by atoms with Crippen LogP contribution in [0.3, 0.4) is 0 Å². The zero-order valence-corrected chi connectivity index (χ0v) is 19.5. The summed E-state index contributed by atoms with van der Waals surface area (Å²) < 4.78 is 17.0. The largest absolute Gasteiger partial charge is 0.325 e. The number of rotatable bonds is 4. The molecule has 4 aromatic rings. The van der Waals surface area contributed by atoms with E-state index in [1.54, 1.807) is 45.3 Å². The summed E-state index contributed by atoms with van der Waals surface area (Å²) in [7, 11) is 1.64. The van der Waals surface area contributed by atoms with Crippen LogP contribution in [0.5, 0.6) is 0 Å². The van der Waals surface area contributed by atoms with E-state index in [0.29, 0.717) is 38.9 Å². The first kappa shape index (κ1) is 23.2. The molecule has 2 aromatic heterocycles. The summed E-state index contributed by atoms with van der Waals surface area (Å²) in [5.41, 5.74) is 7.13. The molecule has 0 saturated heterocycles. The number of halogens is 2. The summed E-state index contributed by atoms with van der Waals surface area (Å²) in [6.07, 6.45) is 7.27. The van der Waals surface area contributed by atoms with Gasteiger partial charge in [-0.2, -0.15) is 15.5 Å². The summed E-state index contributed by atoms with van der Waals surface area (Å²) in [6.45, 7) is 3.63. The van der Waals surface area contributed by atoms with Crippen LogP contribution >= 0.6 is 11.6 Å². The Morgan fingerprint density at radius 2 is 2.06 bits per heavy atom. The van der Waals surface area contributed by atoms with Gasteiger partial charge in [-0.15, -0.1) is 6.42 Å². The van der Waals surface area contributed by atoms with Crippen LogP contribution in [0.1, 0.15) is 30.7 Å². The molecule has 170 valence electrons. The monoisotopic (exact) mass is 474 g/mol. The summed E-state index contributed by atoms with van der Waals surface area (Å²) >= 11 is 6.27. The molecule has 0 atom stereocenters. The van der Waals surface area contributed by atoms with Gasteiger partial charge in [-0.25, -0.2) is 9.49 Å². The standard InChI is InChI=1S/C25H20ClFN6O/c1-5-25(2,3)18-9-19(26)22(27)21(16(18)10-28)23-17(12-30-33(23)4)13-6-7-14-15(8-13)20(11-29)31-32-24(14)34/h1,6-9,12H,11,29H2,2-4H3,(H,32,34). The van der Waals surface area contributed by atoms with Crippen molar-refractivity contribution in [1.29, 1.82) is 5.26 Å². The minimum Gasteiger partial charge on any atom is -0.325 e. The molecule has 34 heavy (non-hydrogen) atoms. The van der Waals surface area contributed by atoms with Crippen molar-refractivity contribution in [3.63, 3.8) is 0 Å². The van der Waals surface area contributed by atoms with Crippen molar-refractivity contribution < 1.29 is 4.39 Å². The summed E-state index contributed by atoms with van der Waals surface area (Å²) in [5, 5.41) is 21.7. The zero-order valence-electron chi connectivity index (χ0n) is 18.7. The second-order valence-corrected chi connectivity index (χ2v) is 8.75. The second kappa shape index (κ2) is 8.42. The molecule has 9 heteroatoms. The molecule has 0 unspecified atom stereocenters. The third-order valence-electron chi connectivity index (χ3n) is 5.91. The summed E-state index contributed by atoms with van der Waals surface area (Å²) in [4.78, 5) is 12.2. The maximum Gasteiger partial charge on any atom is 0.272 e. The lowest BCUT2D eigenvalue weighted by atomic mass is 9.80. The van der Waals surface area contributed by atoms with Gasteiger partial charge in [0.05, 0.1) is 44.5 Å². The average Bonchev–Trinajstić information content (AvgIpc) is 3.21. The Labute approximate surface area is 200 Å². The van der Waals surface area contributed by atoms with E-state index in [1.165, 1.54) is 10.7 Å². The molecule has 4 rings (SSSR count). The predicted octanol–water partition coefficient (Wildman–Crippen LogP) is 4.02. The molecule has 7 nitrogen and oxygen atoms in total. The zero-order chi connectivity index (χ0) is 24.8. The van der Waals surface area contributed by atoms with Gasteiger partial charge in [0.2, 0.25) is 0 Å². The molecule has 0 radical (unpaired) electrons. The molecule has 0 amide bonds. The highest BCUT2D eigenvalue weighted by atomic mass is 35.5. The van der Waals surface area contributed by atoms with Gasteiger partial charge >= 0.3 is 0 Å². The molecule has 2 heterocycles. The number of nitriles is 1. The average molecular weight is 475 g/mol. The van der Waals surface area contributed by atoms with Gasteiger partial charge in [-0.05, 0) is 43.2 Å². The molecule has 3 N–H and O–H groups in total. The van der Waals surface area contributed by atoms with Crippen LogP contribution < -0.4 is 11.3 Å². The van der Waals surface area contributed by atoms with E-state index in [0.717, 1.165) is 0 Å². The molecule has 0 aliphatic rings. The lowest BCUT2D eigenvalue weighted by molar-refractivity contribution is 0.622. The van der Waals surface area contributed by atoms with Gasteiger partial charge in [0.15, 0.2) is 5.82 Å². The van der Waals surface area contributed by atoms with Crippen LogP contribution in [0.4, 0.5) is 4.39 Å². The van der Waals surface area contributed by atoms with E-state index in [9.17, 15) is 10.1 Å². The van der Waals surface area contributed by atoms with E-state index < -0.39 is 11.2 Å². The number of benzene rings is 2. The topological polar surface area (TPSA) is 113 Å². The van der Waals surface area contributed by atoms with Gasteiger partial charge in [-0.3, -0.25) is 9.48 Å². The fraction of sp³-hybridized carbons (Fsp3) is 0.200. The number of H-pyrrole nitrogens is 1. The number of fused-ring (bicyclic) bond motifs is 1. The van der Waals surface area contributed by atoms with Crippen LogP contribution in [0.15, 0.2) is 35.3 Å². The molecule has 0 spiro atoms. The molecule has 0 fully saturated rings. The number of hydrogen-bond donors (Lipinski definition) is 2. The first-order valence-corrected chi connectivity index (χ1v) is 10.7. The van der Waals surface area contributed by atoms with E-state index in [2.05, 4.69) is 27.3 Å². The van der Waals surface area contributed by atoms with Crippen LogP contribution in [-0.4, -0.2) is 20.0 Å². The van der Waals surface area contributed by atoms with E-state index in [1.807, 2.05) is 0 Å². The van der Waals surface area contributed by atoms with Crippen molar-refractivity contribution in [3.8, 4) is 40.8 Å². The Balaban J connectivity index is 2.08. The van der Waals surface area contributed by atoms with Gasteiger partial charge in [-0.1, -0.05) is 23.6 Å². The number of hydrogen-bond acceptors (Lipinski definition) is 5. The van der Waals surface area contributed by atoms with Crippen LogP contribution in [0.25, 0.3) is 33.2 Å². The summed E-state index contributed by atoms with van der Waals surface area (Å²) in [5.74, 6) is 1.90. The minimum absolute atomic E-state index is 0.00602. The first-order chi connectivity index (χ1) is 16.1. The normalized spacial score (nSPS) is 11.4. The third kappa shape index (κ3) is 3.54. The highest BCUT2D eigenvalue weighted by Gasteiger charge is 2.30. The Morgan fingerprint density at radius 3 is 2.71 bits per heavy atom. The quantitative estimate of drug-likeness (QED) is 0.433. The highest BCUT2D eigenvalue weighted by Crippen LogP contribution is 2.42. The summed E-state index contributed by atoms with van der Waals surface area (Å²) in [6, 6.07) is 8.63. The van der Waals surface area contributed by atoms with Gasteiger partial charge < -0.3 is 5.73 Å². The lowest BCUT2D eigenvalue weighted by Gasteiger charge is -2.23. The Hall–Kier alpha value is -3.98. The van der Waals surface area contributed by atoms with Crippen LogP contribution in [-0.2, 0) is 19.0 Å². The van der Waals surface area contributed by atoms with Crippen molar-refractivity contribution >= 4 is 22.4 Å². The van der Waals surface area contributed by atoms with Crippen molar-refractivity contribution in [1.82, 2.24) is 20.0 Å². The van der Waals surface area contributed by atoms with Crippen molar-refractivity contribution in [2.24, 2.45) is 12.8 Å². The number of aromatic amines is 1. The number of nitrogens with one attached hydrogen (secondary N) is 1. The molecule has 2 aromatic carbocycles. The minimum atomic E-state index is -0.873. The number of nitrogens with zero attached hydrogens (tertiary/aromatic N) is 4. The number of nitrogens with two attached hydrogens (primary N) is 1. The van der Waals surface area contributed by atoms with Crippen LogP contribution in [0, 0.1) is 29.5 Å². The number of terminal acetylenes is 1. The molecule has 0 aliphatic carbocycles. The van der Waals surface area contributed by atoms with E-state index in [4.69, 9.17) is 23.8 Å². The van der Waals surface area contributed by atoms with Crippen LogP contribution in [0.2, 0.25) is 5.02 Å². The lowest BCUT2D eigenvalue weighted by Crippen LogP contribution is -2.17.